The number of aliphatic hydroxyl groups is 3. The summed E-state index contributed by atoms with van der Waals surface area (Å²) in [5.74, 6) is -1.27. The van der Waals surface area contributed by atoms with Crippen molar-refractivity contribution in [2.75, 3.05) is 13.2 Å². The first-order valence-electron chi connectivity index (χ1n) is 20.5. The van der Waals surface area contributed by atoms with Crippen LogP contribution in [-0.2, 0) is 28.2 Å². The van der Waals surface area contributed by atoms with E-state index in [-0.39, 0.29) is 25.7 Å². The Bertz CT molecular complexity index is 1340. The largest absolute Gasteiger partial charge is 0.469 e. The highest BCUT2D eigenvalue weighted by Gasteiger charge is 2.23. The first kappa shape index (κ1) is 53.6. The Morgan fingerprint density at radius 3 is 1.75 bits per heavy atom. The minimum absolute atomic E-state index is 0.0787. The molecule has 0 aliphatic carbocycles. The Balaban J connectivity index is 4.35. The van der Waals surface area contributed by atoms with Crippen LogP contribution in [-0.4, -0.2) is 74.7 Å². The summed E-state index contributed by atoms with van der Waals surface area (Å²) in [7, 11) is -4.87. The van der Waals surface area contributed by atoms with Gasteiger partial charge in [0.1, 0.15) is 6.61 Å². The number of ether oxygens (including phenoxy) is 2. The van der Waals surface area contributed by atoms with Gasteiger partial charge in [-0.25, -0.2) is 4.57 Å². The zero-order chi connectivity index (χ0) is 42.2. The fourth-order valence-electron chi connectivity index (χ4n) is 4.96. The molecule has 0 bridgehead atoms. The van der Waals surface area contributed by atoms with E-state index in [0.29, 0.717) is 6.42 Å². The van der Waals surface area contributed by atoms with Crippen LogP contribution in [0.4, 0.5) is 0 Å². The molecule has 4 atom stereocenters. The maximum atomic E-state index is 12.4. The first-order chi connectivity index (χ1) is 27.5. The number of rotatable bonds is 35. The van der Waals surface area contributed by atoms with Crippen molar-refractivity contribution in [3.05, 3.63) is 109 Å². The van der Waals surface area contributed by atoms with Gasteiger partial charge in [0, 0.05) is 12.8 Å². The molecule has 0 saturated carbocycles. The molecule has 0 aromatic carbocycles. The van der Waals surface area contributed by atoms with Crippen LogP contribution in [0, 0.1) is 0 Å². The van der Waals surface area contributed by atoms with E-state index >= 15 is 0 Å². The lowest BCUT2D eigenvalue weighted by atomic mass is 10.1. The molecule has 0 amide bonds. The van der Waals surface area contributed by atoms with E-state index < -0.39 is 57.4 Å². The van der Waals surface area contributed by atoms with Gasteiger partial charge in [0.25, 0.3) is 0 Å². The van der Waals surface area contributed by atoms with Crippen LogP contribution >= 0.6 is 7.82 Å². The molecule has 0 spiro atoms. The third-order valence-corrected chi connectivity index (χ3v) is 8.63. The van der Waals surface area contributed by atoms with E-state index in [1.54, 1.807) is 42.5 Å². The smallest absolute Gasteiger partial charge is 0.462 e. The van der Waals surface area contributed by atoms with Crippen molar-refractivity contribution in [1.82, 2.24) is 0 Å². The van der Waals surface area contributed by atoms with Gasteiger partial charge in [-0.1, -0.05) is 149 Å². The highest BCUT2D eigenvalue weighted by atomic mass is 31.2. The highest BCUT2D eigenvalue weighted by molar-refractivity contribution is 7.46. The molecule has 5 N–H and O–H groups in total. The number of hydrogen-bond acceptors (Lipinski definition) is 9. The molecule has 57 heavy (non-hydrogen) atoms. The van der Waals surface area contributed by atoms with E-state index in [1.165, 1.54) is 6.08 Å². The molecule has 11 nitrogen and oxygen atoms in total. The van der Waals surface area contributed by atoms with Gasteiger partial charge in [0.05, 0.1) is 24.9 Å². The summed E-state index contributed by atoms with van der Waals surface area (Å²) in [5.41, 5.74) is 0. The number of phosphoric ester groups is 1. The maximum absolute atomic E-state index is 12.4. The monoisotopic (exact) mass is 818 g/mol. The lowest BCUT2D eigenvalue weighted by Gasteiger charge is -2.19. The van der Waals surface area contributed by atoms with Crippen LogP contribution < -0.4 is 0 Å². The molecule has 0 aromatic rings. The van der Waals surface area contributed by atoms with Crippen molar-refractivity contribution in [2.45, 2.75) is 147 Å². The minimum atomic E-state index is -4.87. The number of unbranched alkanes of at least 4 members (excludes halogenated alkanes) is 5. The van der Waals surface area contributed by atoms with E-state index in [9.17, 15) is 29.5 Å². The standard InChI is InChI=1S/C45H71O11P/c1-3-5-7-8-9-10-11-12-13-14-15-16-17-18-19-20-21-26-30-36-44(49)54-38-41(39-55-57(51,52)53)56-45(50)37-31-35-43(48)42(47)34-29-25-23-22-24-28-33-40(46)32-27-6-4-2/h5,7,9-10,12-13,15-16,18-19,22-25,28-29,33-34,40-43,46-48H,3-4,6,8,11,14,17,20-21,26-27,30-32,35-39H2,1-2H3,(H2,51,52,53)/b7-5-,10-9-,13-12-,16-15-,19-18-,24-22-,25-23+,33-28+,34-29+/t40-,41+,42-,43-/m0/s1. The molecule has 0 aliphatic rings. The molecule has 0 saturated heterocycles. The number of aliphatic hydroxyl groups excluding tert-OH is 3. The van der Waals surface area contributed by atoms with Crippen LogP contribution in [0.5, 0.6) is 0 Å². The SMILES string of the molecule is CC/C=C\C/C=C\C/C=C\C/C=C\C/C=C\CCCCCC(=O)OC[C@H](COP(=O)(O)O)OC(=O)CCC[C@H](O)[C@@H](O)/C=C/C=C/C=C\C=C\[C@@H](O)CCCCC. The van der Waals surface area contributed by atoms with Crippen LogP contribution in [0.3, 0.4) is 0 Å². The molecule has 0 rings (SSSR count). The van der Waals surface area contributed by atoms with Crippen molar-refractivity contribution in [2.24, 2.45) is 0 Å². The van der Waals surface area contributed by atoms with Gasteiger partial charge in [-0.3, -0.25) is 14.1 Å². The molecule has 0 aliphatic heterocycles. The quantitative estimate of drug-likeness (QED) is 0.0135. The molecule has 0 heterocycles. The lowest BCUT2D eigenvalue weighted by molar-refractivity contribution is -0.161. The summed E-state index contributed by atoms with van der Waals surface area (Å²) in [5, 5.41) is 30.3. The number of phosphoric acid groups is 1. The van der Waals surface area contributed by atoms with Crippen LogP contribution in [0.15, 0.2) is 109 Å². The number of carbonyl (C=O) groups is 2. The predicted molar refractivity (Wildman–Crippen MR) is 229 cm³/mol. The highest BCUT2D eigenvalue weighted by Crippen LogP contribution is 2.36. The number of esters is 2. The topological polar surface area (TPSA) is 180 Å². The number of hydrogen-bond donors (Lipinski definition) is 5. The van der Waals surface area contributed by atoms with Gasteiger partial charge >= 0.3 is 19.8 Å². The van der Waals surface area contributed by atoms with Crippen molar-refractivity contribution in [3.63, 3.8) is 0 Å². The van der Waals surface area contributed by atoms with Crippen molar-refractivity contribution < 1.29 is 53.3 Å². The van der Waals surface area contributed by atoms with Crippen LogP contribution in [0.25, 0.3) is 0 Å². The molecule has 0 aromatic heterocycles. The second-order valence-electron chi connectivity index (χ2n) is 13.4. The lowest BCUT2D eigenvalue weighted by Crippen LogP contribution is -2.29. The Labute approximate surface area is 342 Å². The summed E-state index contributed by atoms with van der Waals surface area (Å²) >= 11 is 0. The molecular weight excluding hydrogens is 747 g/mol. The zero-order valence-corrected chi connectivity index (χ0v) is 35.2. The average molecular weight is 819 g/mol. The third-order valence-electron chi connectivity index (χ3n) is 8.14. The van der Waals surface area contributed by atoms with E-state index in [1.807, 2.05) is 0 Å². The van der Waals surface area contributed by atoms with Crippen LogP contribution in [0.2, 0.25) is 0 Å². The van der Waals surface area contributed by atoms with Gasteiger partial charge in [0.15, 0.2) is 6.10 Å². The fraction of sp³-hybridized carbons (Fsp3) is 0.556. The molecule has 0 fully saturated rings. The first-order valence-corrected chi connectivity index (χ1v) is 22.0. The van der Waals surface area contributed by atoms with Gasteiger partial charge in [0.2, 0.25) is 0 Å². The Hall–Kier alpha value is -3.41. The second kappa shape index (κ2) is 38.1. The molecular formula is C45H71O11P. The molecule has 0 radical (unpaired) electrons. The Kier molecular flexibility index (Phi) is 35.8. The normalized spacial score (nSPS) is 15.3. The summed E-state index contributed by atoms with van der Waals surface area (Å²) in [6.45, 7) is 3.13. The average Bonchev–Trinajstić information content (AvgIpc) is 3.17. The van der Waals surface area contributed by atoms with Gasteiger partial charge in [-0.15, -0.1) is 0 Å². The minimum Gasteiger partial charge on any atom is -0.462 e. The maximum Gasteiger partial charge on any atom is 0.469 e. The van der Waals surface area contributed by atoms with Crippen molar-refractivity contribution >= 4 is 19.8 Å². The zero-order valence-electron chi connectivity index (χ0n) is 34.3. The molecule has 322 valence electrons. The fourth-order valence-corrected chi connectivity index (χ4v) is 5.32. The second-order valence-corrected chi connectivity index (χ2v) is 14.7. The number of allylic oxidation sites excluding steroid dienone is 16. The van der Waals surface area contributed by atoms with E-state index in [0.717, 1.165) is 77.0 Å². The van der Waals surface area contributed by atoms with Gasteiger partial charge in [-0.2, -0.15) is 0 Å². The predicted octanol–water partition coefficient (Wildman–Crippen LogP) is 9.31. The van der Waals surface area contributed by atoms with E-state index in [4.69, 9.17) is 19.3 Å². The van der Waals surface area contributed by atoms with Gasteiger partial charge < -0.3 is 34.6 Å². The summed E-state index contributed by atoms with van der Waals surface area (Å²) in [6.07, 6.45) is 43.1. The Morgan fingerprint density at radius 1 is 0.596 bits per heavy atom. The van der Waals surface area contributed by atoms with Gasteiger partial charge in [-0.05, 0) is 70.6 Å². The summed E-state index contributed by atoms with van der Waals surface area (Å²) in [6, 6.07) is 0. The van der Waals surface area contributed by atoms with E-state index in [2.05, 4.69) is 79.1 Å². The summed E-state index contributed by atoms with van der Waals surface area (Å²) < 4.78 is 26.1. The number of carbonyl (C=O) groups excluding carboxylic acids is 2. The van der Waals surface area contributed by atoms with Crippen molar-refractivity contribution in [3.8, 4) is 0 Å². The Morgan fingerprint density at radius 2 is 1.16 bits per heavy atom. The molecule has 0 unspecified atom stereocenters. The molecule has 12 heteroatoms. The van der Waals surface area contributed by atoms with Crippen molar-refractivity contribution in [1.29, 1.82) is 0 Å². The summed E-state index contributed by atoms with van der Waals surface area (Å²) in [4.78, 5) is 42.9. The van der Waals surface area contributed by atoms with Crippen LogP contribution in [0.1, 0.15) is 123 Å². The third kappa shape index (κ3) is 39.2.